The van der Waals surface area contributed by atoms with E-state index in [0.717, 1.165) is 4.31 Å². The number of anilines is 1. The molecule has 3 rings (SSSR count). The van der Waals surface area contributed by atoms with Crippen LogP contribution in [0.15, 0.2) is 41.3 Å². The summed E-state index contributed by atoms with van der Waals surface area (Å²) < 4.78 is 53.3. The molecule has 1 aliphatic heterocycles. The van der Waals surface area contributed by atoms with Crippen LogP contribution in [0.4, 0.5) is 5.69 Å². The molecule has 9 nitrogen and oxygen atoms in total. The molecule has 1 aliphatic rings. The number of aromatic hydroxyl groups is 1. The minimum Gasteiger partial charge on any atom is -0.506 e. The quantitative estimate of drug-likeness (QED) is 0.573. The number of carbonyl (C=O) groups excluding carboxylic acids is 1. The largest absolute Gasteiger partial charge is 0.506 e. The number of carbonyl (C=O) groups is 1. The molecule has 0 aliphatic carbocycles. The van der Waals surface area contributed by atoms with Gasteiger partial charge in [-0.3, -0.25) is 4.79 Å². The van der Waals surface area contributed by atoms with Crippen molar-refractivity contribution in [1.29, 1.82) is 0 Å². The van der Waals surface area contributed by atoms with Crippen molar-refractivity contribution < 1.29 is 26.7 Å². The zero-order chi connectivity index (χ0) is 21.4. The molecule has 1 saturated heterocycles. The first-order valence-electron chi connectivity index (χ1n) is 8.09. The van der Waals surface area contributed by atoms with E-state index in [2.05, 4.69) is 4.72 Å². The monoisotopic (exact) mass is 479 g/mol. The Morgan fingerprint density at radius 3 is 2.45 bits per heavy atom. The van der Waals surface area contributed by atoms with Gasteiger partial charge in [0, 0.05) is 6.54 Å². The van der Waals surface area contributed by atoms with Crippen molar-refractivity contribution in [2.24, 2.45) is 0 Å². The summed E-state index contributed by atoms with van der Waals surface area (Å²) in [5.74, 6) is -1.06. The van der Waals surface area contributed by atoms with E-state index >= 15 is 0 Å². The lowest BCUT2D eigenvalue weighted by Crippen LogP contribution is -2.29. The fraction of sp³-hybridized carbons (Fsp3) is 0.188. The summed E-state index contributed by atoms with van der Waals surface area (Å²) in [6.07, 6.45) is 0.221. The lowest BCUT2D eigenvalue weighted by atomic mass is 10.1. The fourth-order valence-electron chi connectivity index (χ4n) is 2.65. The van der Waals surface area contributed by atoms with E-state index in [9.17, 15) is 26.7 Å². The minimum atomic E-state index is -4.04. The highest BCUT2D eigenvalue weighted by molar-refractivity contribution is 7.92. The summed E-state index contributed by atoms with van der Waals surface area (Å²) >= 11 is 11.6. The van der Waals surface area contributed by atoms with Gasteiger partial charge in [-0.15, -0.1) is 0 Å². The van der Waals surface area contributed by atoms with E-state index < -0.39 is 32.7 Å². The SMILES string of the molecule is O=C1CN(c2ccc(CCNS(=O)(=O)c3ccc(Cl)c(Cl)c3)cc2O)S(=O)(=O)N1. The molecule has 156 valence electrons. The van der Waals surface area contributed by atoms with E-state index in [1.54, 1.807) is 0 Å². The number of phenolic OH excluding ortho intramolecular Hbond substituents is 1. The molecule has 0 saturated carbocycles. The van der Waals surface area contributed by atoms with Crippen LogP contribution in [0.2, 0.25) is 10.0 Å². The van der Waals surface area contributed by atoms with Crippen LogP contribution in [0.3, 0.4) is 0 Å². The van der Waals surface area contributed by atoms with Gasteiger partial charge in [-0.25, -0.2) is 22.2 Å². The lowest BCUT2D eigenvalue weighted by molar-refractivity contribution is -0.117. The van der Waals surface area contributed by atoms with Gasteiger partial charge in [0.25, 0.3) is 5.91 Å². The molecule has 1 heterocycles. The minimum absolute atomic E-state index is 0.0173. The van der Waals surface area contributed by atoms with Crippen molar-refractivity contribution in [3.05, 3.63) is 52.0 Å². The zero-order valence-electron chi connectivity index (χ0n) is 14.6. The van der Waals surface area contributed by atoms with Crippen LogP contribution in [0, 0.1) is 0 Å². The molecule has 0 spiro atoms. The van der Waals surface area contributed by atoms with E-state index in [1.165, 1.54) is 36.4 Å². The topological polar surface area (TPSA) is 133 Å². The van der Waals surface area contributed by atoms with Crippen molar-refractivity contribution in [1.82, 2.24) is 9.44 Å². The van der Waals surface area contributed by atoms with Gasteiger partial charge >= 0.3 is 10.2 Å². The van der Waals surface area contributed by atoms with E-state index in [0.29, 0.717) is 5.56 Å². The summed E-state index contributed by atoms with van der Waals surface area (Å²) in [6, 6.07) is 8.11. The number of nitrogens with one attached hydrogen (secondary N) is 2. The molecule has 1 fully saturated rings. The molecule has 29 heavy (non-hydrogen) atoms. The molecule has 1 amide bonds. The number of nitrogens with zero attached hydrogens (tertiary/aromatic N) is 1. The molecular weight excluding hydrogens is 465 g/mol. The van der Waals surface area contributed by atoms with Crippen molar-refractivity contribution in [3.63, 3.8) is 0 Å². The molecule has 3 N–H and O–H groups in total. The van der Waals surface area contributed by atoms with E-state index in [1.807, 2.05) is 4.72 Å². The van der Waals surface area contributed by atoms with Crippen molar-refractivity contribution in [3.8, 4) is 5.75 Å². The number of rotatable bonds is 6. The maximum absolute atomic E-state index is 12.3. The predicted octanol–water partition coefficient (Wildman–Crippen LogP) is 1.40. The third-order valence-corrected chi connectivity index (χ3v) is 7.63. The summed E-state index contributed by atoms with van der Waals surface area (Å²) in [4.78, 5) is 11.3. The van der Waals surface area contributed by atoms with Gasteiger partial charge in [0.1, 0.15) is 12.3 Å². The molecule has 0 aromatic heterocycles. The average molecular weight is 480 g/mol. The van der Waals surface area contributed by atoms with E-state index in [-0.39, 0.29) is 39.3 Å². The second kappa shape index (κ2) is 8.00. The number of hydrogen-bond donors (Lipinski definition) is 3. The highest BCUT2D eigenvalue weighted by Crippen LogP contribution is 2.31. The Hall–Kier alpha value is -2.05. The first kappa shape index (κ1) is 21.7. The predicted molar refractivity (Wildman–Crippen MR) is 108 cm³/mol. The van der Waals surface area contributed by atoms with E-state index in [4.69, 9.17) is 23.2 Å². The average Bonchev–Trinajstić information content (AvgIpc) is 2.89. The van der Waals surface area contributed by atoms with Gasteiger partial charge in [0.2, 0.25) is 10.0 Å². The fourth-order valence-corrected chi connectivity index (χ4v) is 5.24. The summed E-state index contributed by atoms with van der Waals surface area (Å²) in [5.41, 5.74) is 0.502. The number of sulfonamides is 1. The maximum Gasteiger partial charge on any atom is 0.326 e. The Morgan fingerprint density at radius 2 is 1.86 bits per heavy atom. The highest BCUT2D eigenvalue weighted by Gasteiger charge is 2.35. The van der Waals surface area contributed by atoms with Crippen LogP contribution in [0.1, 0.15) is 5.56 Å². The van der Waals surface area contributed by atoms with Gasteiger partial charge in [-0.1, -0.05) is 29.3 Å². The Bertz CT molecular complexity index is 1190. The van der Waals surface area contributed by atoms with Gasteiger partial charge < -0.3 is 5.11 Å². The smallest absolute Gasteiger partial charge is 0.326 e. The summed E-state index contributed by atoms with van der Waals surface area (Å²) in [6.45, 7) is -0.415. The van der Waals surface area contributed by atoms with Crippen LogP contribution >= 0.6 is 23.2 Å². The number of hydrogen-bond acceptors (Lipinski definition) is 6. The van der Waals surface area contributed by atoms with Crippen LogP contribution in [-0.2, 0) is 31.4 Å². The van der Waals surface area contributed by atoms with Crippen molar-refractivity contribution in [2.45, 2.75) is 11.3 Å². The standard InChI is InChI=1S/C16H15Cl2N3O6S2/c17-12-3-2-11(8-13(12)18)28(24,25)19-6-5-10-1-4-14(15(22)7-10)21-9-16(23)20-29(21,26)27/h1-4,7-8,19,22H,5-6,9H2,(H,20,23). The Kier molecular flexibility index (Phi) is 5.97. The number of phenols is 1. The Morgan fingerprint density at radius 1 is 1.14 bits per heavy atom. The molecule has 0 unspecified atom stereocenters. The van der Waals surface area contributed by atoms with Gasteiger partial charge in [0.15, 0.2) is 0 Å². The van der Waals surface area contributed by atoms with Gasteiger partial charge in [-0.2, -0.15) is 8.42 Å². The van der Waals surface area contributed by atoms with Crippen LogP contribution in [-0.4, -0.2) is 40.9 Å². The van der Waals surface area contributed by atoms with Gasteiger partial charge in [-0.05, 0) is 42.3 Å². The molecule has 2 aromatic carbocycles. The summed E-state index contributed by atoms with van der Waals surface area (Å²) in [7, 11) is -7.85. The first-order chi connectivity index (χ1) is 13.5. The molecular formula is C16H15Cl2N3O6S2. The molecule has 0 atom stereocenters. The Balaban J connectivity index is 1.68. The lowest BCUT2D eigenvalue weighted by Gasteiger charge is -2.16. The second-order valence-corrected chi connectivity index (χ2v) is 10.3. The molecule has 2 aromatic rings. The van der Waals surface area contributed by atoms with Crippen LogP contribution in [0.5, 0.6) is 5.75 Å². The first-order valence-corrected chi connectivity index (χ1v) is 11.8. The number of benzene rings is 2. The van der Waals surface area contributed by atoms with Gasteiger partial charge in [0.05, 0.1) is 20.6 Å². The molecule has 0 radical (unpaired) electrons. The molecule has 13 heteroatoms. The Labute approximate surface area is 177 Å². The normalized spacial score (nSPS) is 16.1. The summed E-state index contributed by atoms with van der Waals surface area (Å²) in [5, 5.41) is 10.5. The third-order valence-electron chi connectivity index (χ3n) is 4.04. The zero-order valence-corrected chi connectivity index (χ0v) is 17.7. The second-order valence-electron chi connectivity index (χ2n) is 6.08. The van der Waals surface area contributed by atoms with Crippen LogP contribution in [0.25, 0.3) is 0 Å². The number of amides is 1. The van der Waals surface area contributed by atoms with Crippen molar-refractivity contribution >= 4 is 55.0 Å². The highest BCUT2D eigenvalue weighted by atomic mass is 35.5. The molecule has 0 bridgehead atoms. The van der Waals surface area contributed by atoms with Crippen molar-refractivity contribution in [2.75, 3.05) is 17.4 Å². The number of halogens is 2. The third kappa shape index (κ3) is 4.75. The van der Waals surface area contributed by atoms with Crippen LogP contribution < -0.4 is 13.7 Å². The maximum atomic E-state index is 12.3.